The molecule has 1 aromatic carbocycles. The molecule has 35 heavy (non-hydrogen) atoms. The van der Waals surface area contributed by atoms with Gasteiger partial charge in [0.05, 0.1) is 21.9 Å². The first-order valence-electron chi connectivity index (χ1n) is 13.0. The van der Waals surface area contributed by atoms with Crippen molar-refractivity contribution in [3.63, 3.8) is 0 Å². The Kier molecular flexibility index (Phi) is 7.75. The fourth-order valence-corrected chi connectivity index (χ4v) is 8.52. The number of allylic oxidation sites excluding steroid dienone is 3. The normalized spacial score (nSPS) is 36.2. The Bertz CT molecular complexity index is 1110. The molecule has 3 fully saturated rings. The topological polar surface area (TPSA) is 81.4 Å². The summed E-state index contributed by atoms with van der Waals surface area (Å²) in [4.78, 5) is 0.414. The third-order valence-corrected chi connectivity index (χ3v) is 10.9. The summed E-state index contributed by atoms with van der Waals surface area (Å²) in [5, 5.41) is 20.2. The molecule has 0 amide bonds. The Balaban J connectivity index is 1.45. The van der Waals surface area contributed by atoms with Crippen LogP contribution in [0, 0.1) is 33.8 Å². The Morgan fingerprint density at radius 1 is 1.26 bits per heavy atom. The molecule has 3 saturated carbocycles. The van der Waals surface area contributed by atoms with Crippen LogP contribution >= 0.6 is 0 Å². The van der Waals surface area contributed by atoms with Gasteiger partial charge in [-0.05, 0) is 104 Å². The lowest BCUT2D eigenvalue weighted by Crippen LogP contribution is -2.36. The second-order valence-corrected chi connectivity index (χ2v) is 13.5. The van der Waals surface area contributed by atoms with Gasteiger partial charge in [-0.15, -0.1) is 0 Å². The number of nitrogens with one attached hydrogen (secondary N) is 1. The van der Waals surface area contributed by atoms with Gasteiger partial charge in [0.1, 0.15) is 5.82 Å². The van der Waals surface area contributed by atoms with Crippen molar-refractivity contribution in [2.75, 3.05) is 5.75 Å². The van der Waals surface area contributed by atoms with E-state index in [1.165, 1.54) is 36.3 Å². The number of fused-ring (bicyclic) bond motifs is 1. The van der Waals surface area contributed by atoms with Gasteiger partial charge in [0.2, 0.25) is 0 Å². The van der Waals surface area contributed by atoms with E-state index in [4.69, 9.17) is 4.78 Å². The monoisotopic (exact) mass is 501 g/mol. The third-order valence-electron chi connectivity index (χ3n) is 9.04. The predicted octanol–water partition coefficient (Wildman–Crippen LogP) is 6.40. The van der Waals surface area contributed by atoms with Gasteiger partial charge in [-0.3, -0.25) is 0 Å². The molecule has 4 rings (SSSR count). The number of hydrogen-bond donors (Lipinski definition) is 3. The van der Waals surface area contributed by atoms with Crippen molar-refractivity contribution in [1.82, 2.24) is 0 Å². The van der Waals surface area contributed by atoms with Crippen LogP contribution in [0.2, 0.25) is 0 Å². The summed E-state index contributed by atoms with van der Waals surface area (Å²) in [6.07, 6.45) is 10.4. The fourth-order valence-electron chi connectivity index (χ4n) is 7.00. The first-order valence-corrected chi connectivity index (χ1v) is 14.7. The molecule has 3 N–H and O–H groups in total. The highest BCUT2D eigenvalue weighted by atomic mass is 32.2. The maximum absolute atomic E-state index is 13.3. The maximum atomic E-state index is 13.3. The lowest BCUT2D eigenvalue weighted by atomic mass is 9.61. The van der Waals surface area contributed by atoms with Gasteiger partial charge in [-0.1, -0.05) is 38.2 Å². The third kappa shape index (κ3) is 5.50. The first-order chi connectivity index (χ1) is 16.5. The highest BCUT2D eigenvalue weighted by Crippen LogP contribution is 2.59. The van der Waals surface area contributed by atoms with E-state index in [0.717, 1.165) is 43.3 Å². The minimum absolute atomic E-state index is 0.184. The number of hydrogen-bond acceptors (Lipinski definition) is 4. The minimum Gasteiger partial charge on any atom is -0.393 e. The SMILES string of the molecule is C=C1/C(=C\C=C2/CCC[C@]3(C)[C@@H]([C@H](C)CCS(=N)(=O)c4ccc(F)cc4)CC[C@@H]23)C[C@@H](O)C[C@@H]1O. The molecule has 4 nitrogen and oxygen atoms in total. The largest absolute Gasteiger partial charge is 0.393 e. The van der Waals surface area contributed by atoms with Crippen molar-refractivity contribution in [2.45, 2.75) is 82.3 Å². The molecule has 0 aliphatic heterocycles. The molecule has 0 spiro atoms. The van der Waals surface area contributed by atoms with E-state index in [-0.39, 0.29) is 11.2 Å². The van der Waals surface area contributed by atoms with Crippen LogP contribution in [0.1, 0.15) is 65.2 Å². The van der Waals surface area contributed by atoms with Gasteiger partial charge in [-0.25, -0.2) is 13.4 Å². The highest BCUT2D eigenvalue weighted by molar-refractivity contribution is 7.92. The van der Waals surface area contributed by atoms with Crippen molar-refractivity contribution in [2.24, 2.45) is 23.2 Å². The van der Waals surface area contributed by atoms with Crippen LogP contribution in [0.4, 0.5) is 4.39 Å². The van der Waals surface area contributed by atoms with Gasteiger partial charge in [0, 0.05) is 17.1 Å². The standard InChI is InChI=1S/C29H40FNO3S/c1-19(14-16-35(31,34)25-10-8-23(30)9-11-25)26-12-13-27-21(5-4-15-29(26,27)3)6-7-22-17-24(32)18-28(33)20(22)2/h6-11,19,24,26-28,31-33H,2,4-5,12-18H2,1,3H3/b21-6+,22-7-/t19-,24-,26-,27+,28+,29-,35?/m1/s1. The molecule has 1 aromatic rings. The Labute approximate surface area is 210 Å². The van der Waals surface area contributed by atoms with E-state index in [1.54, 1.807) is 0 Å². The average Bonchev–Trinajstić information content (AvgIpc) is 3.17. The van der Waals surface area contributed by atoms with Gasteiger partial charge in [-0.2, -0.15) is 0 Å². The number of aliphatic hydroxyl groups is 2. The van der Waals surface area contributed by atoms with Crippen LogP contribution in [-0.2, 0) is 9.73 Å². The summed E-state index contributed by atoms with van der Waals surface area (Å²) in [7, 11) is -2.93. The molecule has 0 heterocycles. The Morgan fingerprint density at radius 2 is 1.97 bits per heavy atom. The van der Waals surface area contributed by atoms with Gasteiger partial charge >= 0.3 is 0 Å². The Hall–Kier alpha value is -1.76. The van der Waals surface area contributed by atoms with E-state index in [0.29, 0.717) is 41.2 Å². The number of aliphatic hydroxyl groups excluding tert-OH is 2. The zero-order valence-electron chi connectivity index (χ0n) is 21.0. The van der Waals surface area contributed by atoms with Crippen molar-refractivity contribution >= 4 is 9.73 Å². The molecule has 0 radical (unpaired) electrons. The lowest BCUT2D eigenvalue weighted by Gasteiger charge is -2.44. The summed E-state index contributed by atoms with van der Waals surface area (Å²) >= 11 is 0. The molecule has 3 aliphatic rings. The predicted molar refractivity (Wildman–Crippen MR) is 139 cm³/mol. The quantitative estimate of drug-likeness (QED) is 0.422. The molecule has 0 bridgehead atoms. The van der Waals surface area contributed by atoms with Crippen LogP contribution in [-0.4, -0.2) is 32.4 Å². The van der Waals surface area contributed by atoms with Crippen molar-refractivity contribution in [3.05, 3.63) is 65.5 Å². The zero-order valence-corrected chi connectivity index (χ0v) is 21.8. The summed E-state index contributed by atoms with van der Waals surface area (Å²) in [5.41, 5.74) is 3.32. The fraction of sp³-hybridized carbons (Fsp3) is 0.586. The number of benzene rings is 1. The summed E-state index contributed by atoms with van der Waals surface area (Å²) in [5.74, 6) is 1.31. The molecule has 192 valence electrons. The van der Waals surface area contributed by atoms with E-state index in [1.807, 2.05) is 0 Å². The molecule has 1 unspecified atom stereocenters. The van der Waals surface area contributed by atoms with Gasteiger partial charge in [0.15, 0.2) is 0 Å². The van der Waals surface area contributed by atoms with Crippen LogP contribution in [0.3, 0.4) is 0 Å². The molecule has 0 saturated heterocycles. The second-order valence-electron chi connectivity index (χ2n) is 11.3. The van der Waals surface area contributed by atoms with Gasteiger partial charge in [0.25, 0.3) is 0 Å². The van der Waals surface area contributed by atoms with Gasteiger partial charge < -0.3 is 10.2 Å². The molecular formula is C29H40FNO3S. The van der Waals surface area contributed by atoms with Crippen molar-refractivity contribution in [3.8, 4) is 0 Å². The van der Waals surface area contributed by atoms with Crippen LogP contribution in [0.5, 0.6) is 0 Å². The van der Waals surface area contributed by atoms with Crippen LogP contribution in [0.15, 0.2) is 64.6 Å². The molecule has 3 aliphatic carbocycles. The summed E-state index contributed by atoms with van der Waals surface area (Å²) in [6, 6.07) is 5.53. The minimum atomic E-state index is -2.93. The van der Waals surface area contributed by atoms with E-state index >= 15 is 0 Å². The van der Waals surface area contributed by atoms with Crippen molar-refractivity contribution < 1.29 is 18.8 Å². The maximum Gasteiger partial charge on any atom is 0.123 e. The average molecular weight is 502 g/mol. The number of halogens is 1. The molecule has 7 atom stereocenters. The lowest BCUT2D eigenvalue weighted by molar-refractivity contribution is 0.0861. The van der Waals surface area contributed by atoms with Crippen LogP contribution < -0.4 is 0 Å². The van der Waals surface area contributed by atoms with E-state index < -0.39 is 21.9 Å². The zero-order chi connectivity index (χ0) is 25.4. The molecular weight excluding hydrogens is 461 g/mol. The second kappa shape index (κ2) is 10.3. The highest BCUT2D eigenvalue weighted by Gasteiger charge is 2.50. The molecule has 0 aromatic heterocycles. The molecule has 6 heteroatoms. The van der Waals surface area contributed by atoms with Crippen LogP contribution in [0.25, 0.3) is 0 Å². The Morgan fingerprint density at radius 3 is 2.69 bits per heavy atom. The summed E-state index contributed by atoms with van der Waals surface area (Å²) < 4.78 is 34.7. The summed E-state index contributed by atoms with van der Waals surface area (Å²) in [6.45, 7) is 8.70. The smallest absolute Gasteiger partial charge is 0.123 e. The number of rotatable bonds is 6. The van der Waals surface area contributed by atoms with E-state index in [2.05, 4.69) is 32.6 Å². The van der Waals surface area contributed by atoms with E-state index in [9.17, 15) is 18.8 Å². The first kappa shape index (κ1) is 26.3. The van der Waals surface area contributed by atoms with Crippen molar-refractivity contribution in [1.29, 1.82) is 4.78 Å².